The molecule has 1 atom stereocenters. The maximum absolute atomic E-state index is 13.4. The fraction of sp³-hybridized carbons (Fsp3) is 0.429. The van der Waals surface area contributed by atoms with Gasteiger partial charge < -0.3 is 10.0 Å². The first kappa shape index (κ1) is 25.2. The molecule has 1 N–H and O–H groups in total. The summed E-state index contributed by atoms with van der Waals surface area (Å²) in [5.74, 6) is 0. The molecule has 1 fully saturated rings. The average Bonchev–Trinajstić information content (AvgIpc) is 2.69. The third kappa shape index (κ3) is 6.25. The van der Waals surface area contributed by atoms with E-state index in [1.54, 1.807) is 36.4 Å². The molecule has 0 saturated carbocycles. The van der Waals surface area contributed by atoms with E-state index in [-0.39, 0.29) is 34.6 Å². The van der Waals surface area contributed by atoms with E-state index in [4.69, 9.17) is 23.2 Å². The van der Waals surface area contributed by atoms with Crippen molar-refractivity contribution in [3.05, 3.63) is 58.1 Å². The van der Waals surface area contributed by atoms with E-state index in [0.717, 1.165) is 31.5 Å². The quantitative estimate of drug-likeness (QED) is 0.604. The van der Waals surface area contributed by atoms with Crippen molar-refractivity contribution in [2.24, 2.45) is 0 Å². The number of likely N-dealkylation sites (tertiary alicyclic amines) is 1. The molecule has 5 nitrogen and oxygen atoms in total. The zero-order valence-corrected chi connectivity index (χ0v) is 19.9. The van der Waals surface area contributed by atoms with Crippen LogP contribution in [0.15, 0.2) is 47.4 Å². The first-order valence-corrected chi connectivity index (χ1v) is 11.9. The van der Waals surface area contributed by atoms with Gasteiger partial charge in [0.05, 0.1) is 28.3 Å². The van der Waals surface area contributed by atoms with Gasteiger partial charge in [-0.2, -0.15) is 0 Å². The molecule has 2 aromatic carbocycles. The summed E-state index contributed by atoms with van der Waals surface area (Å²) < 4.78 is 28.0. The molecule has 0 aromatic heterocycles. The van der Waals surface area contributed by atoms with E-state index in [2.05, 4.69) is 4.90 Å². The summed E-state index contributed by atoms with van der Waals surface area (Å²) in [6.07, 6.45) is 2.53. The van der Waals surface area contributed by atoms with Crippen LogP contribution in [0.1, 0.15) is 24.8 Å². The Morgan fingerprint density at radius 1 is 1.07 bits per heavy atom. The molecule has 1 heterocycles. The van der Waals surface area contributed by atoms with Crippen LogP contribution in [0.3, 0.4) is 0 Å². The zero-order valence-electron chi connectivity index (χ0n) is 16.8. The van der Waals surface area contributed by atoms with Gasteiger partial charge in [-0.3, -0.25) is 4.31 Å². The maximum atomic E-state index is 13.4. The lowest BCUT2D eigenvalue weighted by Crippen LogP contribution is -2.44. The molecule has 0 amide bonds. The Hall–Kier alpha value is -1.02. The van der Waals surface area contributed by atoms with Crippen LogP contribution in [-0.2, 0) is 10.0 Å². The van der Waals surface area contributed by atoms with Gasteiger partial charge in [0, 0.05) is 11.6 Å². The van der Waals surface area contributed by atoms with Crippen molar-refractivity contribution < 1.29 is 13.5 Å². The molecule has 166 valence electrons. The van der Waals surface area contributed by atoms with Gasteiger partial charge in [-0.05, 0) is 63.2 Å². The molecular formula is C21H27Cl3N2O3S. The number of nitrogens with zero attached hydrogens (tertiary/aromatic N) is 2. The van der Waals surface area contributed by atoms with Gasteiger partial charge in [0.25, 0.3) is 10.0 Å². The number of anilines is 1. The third-order valence-electron chi connectivity index (χ3n) is 5.08. The standard InChI is InChI=1S/C21H26Cl2N2O3S.ClH/c1-16-5-8-19(9-6-16)29(27,28)25(21-13-17(22)7-10-20(21)23)15-18(26)14-24-11-3-2-4-12-24;/h5-10,13,18,26H,2-4,11-12,14-15H2,1H3;1H. The van der Waals surface area contributed by atoms with Crippen LogP contribution in [0, 0.1) is 6.92 Å². The van der Waals surface area contributed by atoms with E-state index in [1.807, 2.05) is 6.92 Å². The smallest absolute Gasteiger partial charge is 0.264 e. The highest BCUT2D eigenvalue weighted by atomic mass is 35.5. The first-order chi connectivity index (χ1) is 13.8. The SMILES string of the molecule is Cc1ccc(S(=O)(=O)N(CC(O)CN2CCCCC2)c2cc(Cl)ccc2Cl)cc1.Cl. The van der Waals surface area contributed by atoms with Gasteiger partial charge in [0.15, 0.2) is 0 Å². The molecule has 0 spiro atoms. The lowest BCUT2D eigenvalue weighted by molar-refractivity contribution is 0.107. The Morgan fingerprint density at radius 2 is 1.70 bits per heavy atom. The second-order valence-corrected chi connectivity index (χ2v) is 10.2. The Labute approximate surface area is 195 Å². The fourth-order valence-corrected chi connectivity index (χ4v) is 5.48. The minimum absolute atomic E-state index is 0. The van der Waals surface area contributed by atoms with Crippen molar-refractivity contribution in [2.75, 3.05) is 30.5 Å². The summed E-state index contributed by atoms with van der Waals surface area (Å²) in [7, 11) is -3.93. The predicted molar refractivity (Wildman–Crippen MR) is 126 cm³/mol. The molecular weight excluding hydrogens is 467 g/mol. The van der Waals surface area contributed by atoms with E-state index in [0.29, 0.717) is 11.6 Å². The summed E-state index contributed by atoms with van der Waals surface area (Å²) >= 11 is 12.4. The monoisotopic (exact) mass is 492 g/mol. The highest BCUT2D eigenvalue weighted by molar-refractivity contribution is 7.92. The van der Waals surface area contributed by atoms with Crippen LogP contribution in [0.5, 0.6) is 0 Å². The van der Waals surface area contributed by atoms with Gasteiger partial charge >= 0.3 is 0 Å². The van der Waals surface area contributed by atoms with Gasteiger partial charge in [-0.15, -0.1) is 12.4 Å². The molecule has 1 aliphatic heterocycles. The van der Waals surface area contributed by atoms with E-state index < -0.39 is 16.1 Å². The number of aryl methyl sites for hydroxylation is 1. The predicted octanol–water partition coefficient (Wildman–Crippen LogP) is 4.77. The number of hydrogen-bond donors (Lipinski definition) is 1. The van der Waals surface area contributed by atoms with Crippen LogP contribution in [-0.4, -0.2) is 50.7 Å². The van der Waals surface area contributed by atoms with Crippen molar-refractivity contribution in [3.8, 4) is 0 Å². The topological polar surface area (TPSA) is 60.9 Å². The van der Waals surface area contributed by atoms with E-state index in [1.165, 1.54) is 16.8 Å². The lowest BCUT2D eigenvalue weighted by Gasteiger charge is -2.32. The molecule has 0 bridgehead atoms. The van der Waals surface area contributed by atoms with Crippen molar-refractivity contribution in [2.45, 2.75) is 37.2 Å². The largest absolute Gasteiger partial charge is 0.390 e. The van der Waals surface area contributed by atoms with Crippen molar-refractivity contribution in [1.29, 1.82) is 0 Å². The summed E-state index contributed by atoms with van der Waals surface area (Å²) in [5, 5.41) is 11.4. The number of hydrogen-bond acceptors (Lipinski definition) is 4. The number of benzene rings is 2. The van der Waals surface area contributed by atoms with Crippen LogP contribution in [0.25, 0.3) is 0 Å². The molecule has 9 heteroatoms. The van der Waals surface area contributed by atoms with Gasteiger partial charge in [-0.25, -0.2) is 8.42 Å². The number of rotatable bonds is 7. The average molecular weight is 494 g/mol. The molecule has 2 aromatic rings. The number of halogens is 3. The van der Waals surface area contributed by atoms with Crippen molar-refractivity contribution in [3.63, 3.8) is 0 Å². The first-order valence-electron chi connectivity index (χ1n) is 9.72. The summed E-state index contributed by atoms with van der Waals surface area (Å²) in [6, 6.07) is 11.3. The van der Waals surface area contributed by atoms with Crippen LogP contribution >= 0.6 is 35.6 Å². The Morgan fingerprint density at radius 3 is 2.33 bits per heavy atom. The van der Waals surface area contributed by atoms with E-state index >= 15 is 0 Å². The minimum Gasteiger partial charge on any atom is -0.390 e. The van der Waals surface area contributed by atoms with Gasteiger partial charge in [0.2, 0.25) is 0 Å². The summed E-state index contributed by atoms with van der Waals surface area (Å²) in [4.78, 5) is 2.31. The van der Waals surface area contributed by atoms with Crippen molar-refractivity contribution in [1.82, 2.24) is 4.90 Å². The minimum atomic E-state index is -3.93. The normalized spacial score (nSPS) is 16.0. The fourth-order valence-electron chi connectivity index (χ4n) is 3.53. The molecule has 1 saturated heterocycles. The van der Waals surface area contributed by atoms with E-state index in [9.17, 15) is 13.5 Å². The second kappa shape index (κ2) is 11.0. The molecule has 3 rings (SSSR count). The Bertz CT molecular complexity index is 933. The highest BCUT2D eigenvalue weighted by Gasteiger charge is 2.29. The van der Waals surface area contributed by atoms with Crippen LogP contribution in [0.2, 0.25) is 10.0 Å². The summed E-state index contributed by atoms with van der Waals surface area (Å²) in [5.41, 5.74) is 1.22. The van der Waals surface area contributed by atoms with Gasteiger partial charge in [-0.1, -0.05) is 47.3 Å². The highest BCUT2D eigenvalue weighted by Crippen LogP contribution is 2.33. The van der Waals surface area contributed by atoms with Gasteiger partial charge in [0.1, 0.15) is 0 Å². The zero-order chi connectivity index (χ0) is 21.0. The van der Waals surface area contributed by atoms with Crippen LogP contribution < -0.4 is 4.31 Å². The molecule has 0 aliphatic carbocycles. The number of aliphatic hydroxyl groups is 1. The second-order valence-electron chi connectivity index (χ2n) is 7.46. The molecule has 1 aliphatic rings. The number of β-amino-alcohol motifs (C(OH)–C–C–N with tert-alkyl or cyclic N) is 1. The third-order valence-corrected chi connectivity index (χ3v) is 7.43. The lowest BCUT2D eigenvalue weighted by atomic mass is 10.1. The maximum Gasteiger partial charge on any atom is 0.264 e. The van der Waals surface area contributed by atoms with Crippen molar-refractivity contribution >= 4 is 51.3 Å². The molecule has 30 heavy (non-hydrogen) atoms. The number of sulfonamides is 1. The Balaban J connectivity index is 0.00000320. The summed E-state index contributed by atoms with van der Waals surface area (Å²) in [6.45, 7) is 4.04. The molecule has 1 unspecified atom stereocenters. The van der Waals surface area contributed by atoms with Crippen LogP contribution in [0.4, 0.5) is 5.69 Å². The Kier molecular flexibility index (Phi) is 9.28. The molecule has 0 radical (unpaired) electrons. The number of aliphatic hydroxyl groups excluding tert-OH is 1. The number of piperidine rings is 1.